The monoisotopic (exact) mass is 256 g/mol. The molecule has 92 valence electrons. The minimum atomic E-state index is -0.244. The van der Waals surface area contributed by atoms with Crippen LogP contribution in [0, 0.1) is 25.2 Å². The van der Waals surface area contributed by atoms with Crippen molar-refractivity contribution >= 4 is 11.3 Å². The number of hydrogen-bond donors (Lipinski definition) is 1. The van der Waals surface area contributed by atoms with Gasteiger partial charge in [-0.25, -0.2) is 0 Å². The van der Waals surface area contributed by atoms with E-state index in [-0.39, 0.29) is 6.04 Å². The highest BCUT2D eigenvalue weighted by molar-refractivity contribution is 7.09. The van der Waals surface area contributed by atoms with Gasteiger partial charge >= 0.3 is 0 Å². The Hall–Kier alpha value is -1.63. The van der Waals surface area contributed by atoms with E-state index in [1.807, 2.05) is 12.1 Å². The number of benzene rings is 1. The minimum absolute atomic E-state index is 0.244. The first-order valence-electron chi connectivity index (χ1n) is 5.93. The summed E-state index contributed by atoms with van der Waals surface area (Å²) >= 11 is 1.70. The number of hydrogen-bond acceptors (Lipinski definition) is 3. The summed E-state index contributed by atoms with van der Waals surface area (Å²) in [5.74, 6) is 0. The maximum atomic E-state index is 9.26. The van der Waals surface area contributed by atoms with Crippen LogP contribution in [0.25, 0.3) is 0 Å². The quantitative estimate of drug-likeness (QED) is 0.905. The molecule has 2 nitrogen and oxygen atoms in total. The van der Waals surface area contributed by atoms with Gasteiger partial charge in [-0.2, -0.15) is 5.26 Å². The number of nitrogens with zero attached hydrogens (tertiary/aromatic N) is 1. The van der Waals surface area contributed by atoms with Gasteiger partial charge in [-0.1, -0.05) is 24.3 Å². The Labute approximate surface area is 112 Å². The second-order valence-corrected chi connectivity index (χ2v) is 5.40. The maximum Gasteiger partial charge on any atom is 0.121 e. The Morgan fingerprint density at radius 2 is 2.11 bits per heavy atom. The maximum absolute atomic E-state index is 9.26. The molecule has 1 N–H and O–H groups in total. The summed E-state index contributed by atoms with van der Waals surface area (Å²) < 4.78 is 0. The molecule has 0 fully saturated rings. The molecule has 1 heterocycles. The molecule has 0 aliphatic heterocycles. The smallest absolute Gasteiger partial charge is 0.121 e. The summed E-state index contributed by atoms with van der Waals surface area (Å²) in [5.41, 5.74) is 3.52. The summed E-state index contributed by atoms with van der Waals surface area (Å²) in [6.07, 6.45) is 0. The number of thiophene rings is 1. The van der Waals surface area contributed by atoms with Gasteiger partial charge in [0.15, 0.2) is 0 Å². The van der Waals surface area contributed by atoms with E-state index in [0.29, 0.717) is 0 Å². The van der Waals surface area contributed by atoms with Crippen molar-refractivity contribution in [1.82, 2.24) is 5.32 Å². The van der Waals surface area contributed by atoms with Crippen molar-refractivity contribution in [3.63, 3.8) is 0 Å². The molecule has 1 unspecified atom stereocenters. The van der Waals surface area contributed by atoms with Gasteiger partial charge in [0.05, 0.1) is 6.07 Å². The highest BCUT2D eigenvalue weighted by Gasteiger charge is 2.10. The molecule has 0 radical (unpaired) electrons. The Morgan fingerprint density at radius 3 is 2.72 bits per heavy atom. The molecule has 0 bridgehead atoms. The molecule has 1 atom stereocenters. The standard InChI is InChI=1S/C15H16N2S/c1-11-5-6-13(8-12(11)2)15(9-16)17-10-14-4-3-7-18-14/h3-8,15,17H,10H2,1-2H3. The van der Waals surface area contributed by atoms with E-state index in [2.05, 4.69) is 48.8 Å². The van der Waals surface area contributed by atoms with E-state index in [1.54, 1.807) is 11.3 Å². The molecule has 2 aromatic rings. The highest BCUT2D eigenvalue weighted by atomic mass is 32.1. The van der Waals surface area contributed by atoms with E-state index in [4.69, 9.17) is 0 Å². The third-order valence-electron chi connectivity index (χ3n) is 3.05. The predicted molar refractivity (Wildman–Crippen MR) is 75.4 cm³/mol. The van der Waals surface area contributed by atoms with Crippen LogP contribution >= 0.6 is 11.3 Å². The van der Waals surface area contributed by atoms with Crippen LogP contribution in [-0.4, -0.2) is 0 Å². The van der Waals surface area contributed by atoms with Gasteiger partial charge in [-0.15, -0.1) is 11.3 Å². The Kier molecular flexibility index (Phi) is 4.14. The van der Waals surface area contributed by atoms with Crippen LogP contribution < -0.4 is 5.32 Å². The van der Waals surface area contributed by atoms with Gasteiger partial charge < -0.3 is 0 Å². The van der Waals surface area contributed by atoms with Gasteiger partial charge in [0, 0.05) is 11.4 Å². The van der Waals surface area contributed by atoms with Crippen molar-refractivity contribution in [2.24, 2.45) is 0 Å². The molecule has 0 aliphatic carbocycles. The molecule has 3 heteroatoms. The van der Waals surface area contributed by atoms with Crippen LogP contribution in [0.1, 0.15) is 27.6 Å². The summed E-state index contributed by atoms with van der Waals surface area (Å²) in [7, 11) is 0. The normalized spacial score (nSPS) is 12.1. The lowest BCUT2D eigenvalue weighted by Crippen LogP contribution is -2.19. The van der Waals surface area contributed by atoms with E-state index >= 15 is 0 Å². The molecular formula is C15H16N2S. The van der Waals surface area contributed by atoms with Gasteiger partial charge in [0.2, 0.25) is 0 Å². The fraction of sp³-hybridized carbons (Fsp3) is 0.267. The van der Waals surface area contributed by atoms with E-state index < -0.39 is 0 Å². The van der Waals surface area contributed by atoms with Crippen molar-refractivity contribution < 1.29 is 0 Å². The zero-order valence-electron chi connectivity index (χ0n) is 10.6. The van der Waals surface area contributed by atoms with Crippen LogP contribution in [0.4, 0.5) is 0 Å². The Morgan fingerprint density at radius 1 is 1.28 bits per heavy atom. The van der Waals surface area contributed by atoms with Crippen molar-refractivity contribution in [2.75, 3.05) is 0 Å². The van der Waals surface area contributed by atoms with Crippen LogP contribution in [0.5, 0.6) is 0 Å². The average Bonchev–Trinajstić information content (AvgIpc) is 2.87. The Balaban J connectivity index is 2.08. The minimum Gasteiger partial charge on any atom is -0.293 e. The third kappa shape index (κ3) is 2.98. The molecule has 0 spiro atoms. The summed E-state index contributed by atoms with van der Waals surface area (Å²) in [6.45, 7) is 4.90. The van der Waals surface area contributed by atoms with E-state index in [1.165, 1.54) is 16.0 Å². The van der Waals surface area contributed by atoms with E-state index in [9.17, 15) is 5.26 Å². The van der Waals surface area contributed by atoms with Crippen LogP contribution in [0.2, 0.25) is 0 Å². The average molecular weight is 256 g/mol. The first-order valence-corrected chi connectivity index (χ1v) is 6.81. The highest BCUT2D eigenvalue weighted by Crippen LogP contribution is 2.18. The number of aryl methyl sites for hydroxylation is 2. The topological polar surface area (TPSA) is 35.8 Å². The fourth-order valence-electron chi connectivity index (χ4n) is 1.80. The molecular weight excluding hydrogens is 240 g/mol. The summed E-state index contributed by atoms with van der Waals surface area (Å²) in [4.78, 5) is 1.25. The van der Waals surface area contributed by atoms with Crippen molar-refractivity contribution in [2.45, 2.75) is 26.4 Å². The fourth-order valence-corrected chi connectivity index (χ4v) is 2.45. The lowest BCUT2D eigenvalue weighted by Gasteiger charge is -2.12. The molecule has 0 amide bonds. The largest absolute Gasteiger partial charge is 0.293 e. The second kappa shape index (κ2) is 5.81. The zero-order chi connectivity index (χ0) is 13.0. The predicted octanol–water partition coefficient (Wildman–Crippen LogP) is 3.72. The van der Waals surface area contributed by atoms with Crippen molar-refractivity contribution in [3.8, 4) is 6.07 Å². The van der Waals surface area contributed by atoms with E-state index in [0.717, 1.165) is 12.1 Å². The SMILES string of the molecule is Cc1ccc(C(C#N)NCc2cccs2)cc1C. The van der Waals surface area contributed by atoms with Gasteiger partial charge in [0.25, 0.3) is 0 Å². The molecule has 1 aromatic carbocycles. The molecule has 0 aliphatic rings. The summed E-state index contributed by atoms with van der Waals surface area (Å²) in [5, 5.41) is 14.6. The van der Waals surface area contributed by atoms with Crippen LogP contribution in [0.15, 0.2) is 35.7 Å². The van der Waals surface area contributed by atoms with Crippen molar-refractivity contribution in [1.29, 1.82) is 5.26 Å². The first kappa shape index (κ1) is 12.8. The molecule has 18 heavy (non-hydrogen) atoms. The molecule has 2 rings (SSSR count). The van der Waals surface area contributed by atoms with Gasteiger partial charge in [0.1, 0.15) is 6.04 Å². The first-order chi connectivity index (χ1) is 8.70. The van der Waals surface area contributed by atoms with Gasteiger partial charge in [-0.05, 0) is 42.0 Å². The number of nitriles is 1. The summed E-state index contributed by atoms with van der Waals surface area (Å²) in [6, 6.07) is 12.4. The van der Waals surface area contributed by atoms with Crippen LogP contribution in [-0.2, 0) is 6.54 Å². The lowest BCUT2D eigenvalue weighted by atomic mass is 10.0. The van der Waals surface area contributed by atoms with Crippen molar-refractivity contribution in [3.05, 3.63) is 57.3 Å². The zero-order valence-corrected chi connectivity index (χ0v) is 11.4. The lowest BCUT2D eigenvalue weighted by molar-refractivity contribution is 0.635. The molecule has 1 aromatic heterocycles. The van der Waals surface area contributed by atoms with Crippen LogP contribution in [0.3, 0.4) is 0 Å². The number of nitrogens with one attached hydrogen (secondary N) is 1. The molecule has 0 saturated carbocycles. The molecule has 0 saturated heterocycles. The number of rotatable bonds is 4. The Bertz CT molecular complexity index is 552. The van der Waals surface area contributed by atoms with Gasteiger partial charge in [-0.3, -0.25) is 5.32 Å². The second-order valence-electron chi connectivity index (χ2n) is 4.37. The third-order valence-corrected chi connectivity index (χ3v) is 3.93.